The highest BCUT2D eigenvalue weighted by Crippen LogP contribution is 2.28. The van der Waals surface area contributed by atoms with Crippen molar-refractivity contribution in [3.8, 4) is 5.69 Å². The Kier molecular flexibility index (Phi) is 5.37. The summed E-state index contributed by atoms with van der Waals surface area (Å²) in [5.41, 5.74) is 1.50. The van der Waals surface area contributed by atoms with E-state index in [1.807, 2.05) is 25.3 Å². The zero-order valence-electron chi connectivity index (χ0n) is 17.0. The van der Waals surface area contributed by atoms with Crippen molar-refractivity contribution in [1.29, 1.82) is 0 Å². The number of hydrogen-bond donors (Lipinski definition) is 1. The maximum absolute atomic E-state index is 12.2. The van der Waals surface area contributed by atoms with E-state index in [0.717, 1.165) is 30.3 Å². The summed E-state index contributed by atoms with van der Waals surface area (Å²) in [6, 6.07) is 5.29. The summed E-state index contributed by atoms with van der Waals surface area (Å²) in [6.45, 7) is 4.20. The first-order valence-corrected chi connectivity index (χ1v) is 11.7. The molecular weight excluding hydrogens is 406 g/mol. The van der Waals surface area contributed by atoms with E-state index in [9.17, 15) is 18.0 Å². The number of nitrogens with zero attached hydrogens (tertiary/aromatic N) is 4. The molecule has 0 unspecified atom stereocenters. The van der Waals surface area contributed by atoms with Crippen molar-refractivity contribution in [2.45, 2.75) is 39.2 Å². The molecule has 10 heteroatoms. The van der Waals surface area contributed by atoms with E-state index in [1.54, 1.807) is 21.9 Å². The highest BCUT2D eigenvalue weighted by Gasteiger charge is 2.32. The topological polar surface area (TPSA) is 110 Å². The van der Waals surface area contributed by atoms with Crippen LogP contribution in [0.3, 0.4) is 0 Å². The van der Waals surface area contributed by atoms with Gasteiger partial charge < -0.3 is 0 Å². The molecule has 4 rings (SSSR count). The third-order valence-corrected chi connectivity index (χ3v) is 7.81. The lowest BCUT2D eigenvalue weighted by molar-refractivity contribution is 0.209. The predicted molar refractivity (Wildman–Crippen MR) is 113 cm³/mol. The molecule has 0 bridgehead atoms. The van der Waals surface area contributed by atoms with Crippen LogP contribution in [0.25, 0.3) is 11.2 Å². The van der Waals surface area contributed by atoms with Crippen molar-refractivity contribution in [3.63, 3.8) is 0 Å². The molecule has 0 amide bonds. The third-order valence-electron chi connectivity index (χ3n) is 5.82. The lowest BCUT2D eigenvalue weighted by Crippen LogP contribution is -2.45. The summed E-state index contributed by atoms with van der Waals surface area (Å²) < 4.78 is 29.2. The molecule has 0 aliphatic carbocycles. The lowest BCUT2D eigenvalue weighted by atomic mass is 9.88. The van der Waals surface area contributed by atoms with Crippen molar-refractivity contribution in [2.24, 2.45) is 5.92 Å². The molecule has 0 aromatic carbocycles. The fourth-order valence-electron chi connectivity index (χ4n) is 4.28. The smallest absolute Gasteiger partial charge is 0.274 e. The van der Waals surface area contributed by atoms with Gasteiger partial charge in [0.05, 0.1) is 23.2 Å². The van der Waals surface area contributed by atoms with Gasteiger partial charge in [0.2, 0.25) is 10.0 Å². The zero-order valence-corrected chi connectivity index (χ0v) is 17.8. The maximum Gasteiger partial charge on any atom is 0.333 e. The monoisotopic (exact) mass is 431 g/mol. The number of H-pyrrole nitrogens is 1. The molecule has 4 heterocycles. The van der Waals surface area contributed by atoms with E-state index in [-0.39, 0.29) is 11.8 Å². The molecule has 3 aromatic rings. The van der Waals surface area contributed by atoms with E-state index in [1.165, 1.54) is 16.8 Å². The average molecular weight is 432 g/mol. The van der Waals surface area contributed by atoms with Gasteiger partial charge in [-0.1, -0.05) is 0 Å². The van der Waals surface area contributed by atoms with Crippen molar-refractivity contribution >= 4 is 15.5 Å². The second-order valence-electron chi connectivity index (χ2n) is 7.83. The van der Waals surface area contributed by atoms with Gasteiger partial charge in [0.1, 0.15) is 0 Å². The first-order chi connectivity index (χ1) is 14.3. The summed E-state index contributed by atoms with van der Waals surface area (Å²) in [5.74, 6) is 0.514. The molecule has 9 nitrogen and oxygen atoms in total. The number of hydrogen-bond acceptors (Lipinski definition) is 5. The highest BCUT2D eigenvalue weighted by atomic mass is 32.2. The fraction of sp³-hybridized carbons (Fsp3) is 0.450. The summed E-state index contributed by atoms with van der Waals surface area (Å²) in [6.07, 6.45) is 7.35. The molecule has 160 valence electrons. The number of aromatic nitrogens is 4. The van der Waals surface area contributed by atoms with Crippen LogP contribution in [0.1, 0.15) is 32.3 Å². The van der Waals surface area contributed by atoms with Gasteiger partial charge >= 0.3 is 5.69 Å². The summed E-state index contributed by atoms with van der Waals surface area (Å²) in [4.78, 5) is 25.8. The van der Waals surface area contributed by atoms with Crippen LogP contribution in [0, 0.1) is 5.92 Å². The number of piperidine rings is 1. The van der Waals surface area contributed by atoms with Gasteiger partial charge in [-0.3, -0.25) is 14.3 Å². The van der Waals surface area contributed by atoms with E-state index in [0.29, 0.717) is 18.2 Å². The Hall–Kier alpha value is -2.72. The standard InChI is InChI=1S/C20H25N5O4S/c1-3-30(28,29)25-9-5-15(10-14(25)2)11-16-4-8-24-17(12-16)18(13-21-24)23-7-6-19(26)22-20(23)27/h4,6-8,12-15H,3,5,9-11H2,1-2H3,(H,22,26,27)/t14-,15+/m0/s1. The van der Waals surface area contributed by atoms with Gasteiger partial charge in [0, 0.05) is 31.0 Å². The van der Waals surface area contributed by atoms with E-state index < -0.39 is 21.3 Å². The molecule has 1 aliphatic rings. The minimum atomic E-state index is -3.17. The molecule has 0 spiro atoms. The number of pyridine rings is 1. The number of nitrogens with one attached hydrogen (secondary N) is 1. The molecule has 30 heavy (non-hydrogen) atoms. The zero-order chi connectivity index (χ0) is 21.5. The molecule has 0 radical (unpaired) electrons. The average Bonchev–Trinajstić information content (AvgIpc) is 3.11. The normalized spacial score (nSPS) is 20.6. The Morgan fingerprint density at radius 2 is 2.03 bits per heavy atom. The number of aromatic amines is 1. The Balaban J connectivity index is 1.58. The van der Waals surface area contributed by atoms with Crippen molar-refractivity contribution in [1.82, 2.24) is 23.5 Å². The first kappa shape index (κ1) is 20.5. The van der Waals surface area contributed by atoms with Gasteiger partial charge in [-0.05, 0) is 56.7 Å². The predicted octanol–water partition coefficient (Wildman–Crippen LogP) is 1.17. The lowest BCUT2D eigenvalue weighted by Gasteiger charge is -2.36. The second-order valence-corrected chi connectivity index (χ2v) is 10.0. The SMILES string of the molecule is CCS(=O)(=O)N1CC[C@@H](Cc2ccn3ncc(-n4ccc(=O)[nH]c4=O)c3c2)C[C@@H]1C. The van der Waals surface area contributed by atoms with Crippen LogP contribution in [0.4, 0.5) is 0 Å². The highest BCUT2D eigenvalue weighted by molar-refractivity contribution is 7.89. The number of fused-ring (bicyclic) bond motifs is 1. The van der Waals surface area contributed by atoms with Gasteiger partial charge in [-0.2, -0.15) is 9.40 Å². The van der Waals surface area contributed by atoms with E-state index >= 15 is 0 Å². The van der Waals surface area contributed by atoms with Gasteiger partial charge in [0.25, 0.3) is 5.56 Å². The van der Waals surface area contributed by atoms with Crippen LogP contribution in [-0.4, -0.2) is 50.2 Å². The third kappa shape index (κ3) is 3.84. The summed E-state index contributed by atoms with van der Waals surface area (Å²) >= 11 is 0. The van der Waals surface area contributed by atoms with Gasteiger partial charge in [-0.25, -0.2) is 17.7 Å². The van der Waals surface area contributed by atoms with Crippen LogP contribution in [-0.2, 0) is 16.4 Å². The molecule has 1 fully saturated rings. The fourth-order valence-corrected chi connectivity index (χ4v) is 5.63. The van der Waals surface area contributed by atoms with Crippen molar-refractivity contribution in [2.75, 3.05) is 12.3 Å². The second kappa shape index (κ2) is 7.84. The molecule has 0 saturated carbocycles. The maximum atomic E-state index is 12.2. The molecule has 1 aliphatic heterocycles. The number of sulfonamides is 1. The van der Waals surface area contributed by atoms with Crippen molar-refractivity contribution in [3.05, 3.63) is 63.2 Å². The quantitative estimate of drug-likeness (QED) is 0.652. The van der Waals surface area contributed by atoms with Gasteiger partial charge in [-0.15, -0.1) is 0 Å². The molecular formula is C20H25N5O4S. The Morgan fingerprint density at radius 1 is 1.23 bits per heavy atom. The Bertz CT molecular complexity index is 1290. The number of rotatable bonds is 5. The minimum absolute atomic E-state index is 0.0114. The van der Waals surface area contributed by atoms with E-state index in [2.05, 4.69) is 10.1 Å². The van der Waals surface area contributed by atoms with Crippen LogP contribution in [0.5, 0.6) is 0 Å². The summed E-state index contributed by atoms with van der Waals surface area (Å²) in [7, 11) is -3.17. The largest absolute Gasteiger partial charge is 0.333 e. The van der Waals surface area contributed by atoms with Gasteiger partial charge in [0.15, 0.2) is 0 Å². The Morgan fingerprint density at radius 3 is 2.73 bits per heavy atom. The molecule has 1 saturated heterocycles. The molecule has 3 aromatic heterocycles. The molecule has 2 atom stereocenters. The van der Waals surface area contributed by atoms with Crippen molar-refractivity contribution < 1.29 is 8.42 Å². The van der Waals surface area contributed by atoms with Crippen LogP contribution in [0.2, 0.25) is 0 Å². The molecule has 1 N–H and O–H groups in total. The first-order valence-electron chi connectivity index (χ1n) is 10.1. The van der Waals surface area contributed by atoms with E-state index in [4.69, 9.17) is 0 Å². The van der Waals surface area contributed by atoms with Crippen LogP contribution >= 0.6 is 0 Å². The minimum Gasteiger partial charge on any atom is -0.274 e. The Labute approximate surface area is 174 Å². The van der Waals surface area contributed by atoms with Crippen LogP contribution in [0.15, 0.2) is 46.4 Å². The van der Waals surface area contributed by atoms with Crippen LogP contribution < -0.4 is 11.2 Å². The summed E-state index contributed by atoms with van der Waals surface area (Å²) in [5, 5.41) is 4.30.